The van der Waals surface area contributed by atoms with Crippen LogP contribution >= 0.6 is 0 Å². The number of aliphatic hydroxyl groups excluding tert-OH is 1. The highest BCUT2D eigenvalue weighted by Gasteiger charge is 2.12. The van der Waals surface area contributed by atoms with E-state index in [2.05, 4.69) is 19.2 Å². The molecule has 2 N–H and O–H groups in total. The van der Waals surface area contributed by atoms with Crippen LogP contribution in [-0.4, -0.2) is 24.2 Å². The second-order valence-corrected chi connectivity index (χ2v) is 6.22. The van der Waals surface area contributed by atoms with Crippen molar-refractivity contribution < 1.29 is 14.6 Å². The van der Waals surface area contributed by atoms with E-state index in [4.69, 9.17) is 4.74 Å². The summed E-state index contributed by atoms with van der Waals surface area (Å²) in [7, 11) is 0. The molecule has 1 unspecified atom stereocenters. The van der Waals surface area contributed by atoms with Gasteiger partial charge in [0.15, 0.2) is 6.61 Å². The third-order valence-electron chi connectivity index (χ3n) is 3.83. The molecule has 2 aromatic rings. The average Bonchev–Trinajstić information content (AvgIpc) is 2.58. The van der Waals surface area contributed by atoms with Crippen molar-refractivity contribution in [3.63, 3.8) is 0 Å². The van der Waals surface area contributed by atoms with Crippen LogP contribution in [0.15, 0.2) is 48.5 Å². The summed E-state index contributed by atoms with van der Waals surface area (Å²) in [6.45, 7) is 6.27. The highest BCUT2D eigenvalue weighted by Crippen LogP contribution is 2.27. The van der Waals surface area contributed by atoms with E-state index in [-0.39, 0.29) is 19.1 Å². The molecule has 24 heavy (non-hydrogen) atoms. The summed E-state index contributed by atoms with van der Waals surface area (Å²) in [5, 5.41) is 12.8. The quantitative estimate of drug-likeness (QED) is 0.820. The van der Waals surface area contributed by atoms with Crippen LogP contribution < -0.4 is 10.1 Å². The number of aryl methyl sites for hydroxylation is 1. The van der Waals surface area contributed by atoms with Crippen LogP contribution in [0.25, 0.3) is 0 Å². The Balaban J connectivity index is 1.86. The Morgan fingerprint density at radius 1 is 1.17 bits per heavy atom. The van der Waals surface area contributed by atoms with Crippen molar-refractivity contribution in [3.05, 3.63) is 65.2 Å². The van der Waals surface area contributed by atoms with Crippen molar-refractivity contribution in [1.82, 2.24) is 5.32 Å². The van der Waals surface area contributed by atoms with Crippen molar-refractivity contribution in [2.45, 2.75) is 32.8 Å². The van der Waals surface area contributed by atoms with Gasteiger partial charge >= 0.3 is 0 Å². The molecule has 0 saturated heterocycles. The Morgan fingerprint density at radius 2 is 1.88 bits per heavy atom. The predicted molar refractivity (Wildman–Crippen MR) is 95.2 cm³/mol. The molecule has 0 aliphatic rings. The third kappa shape index (κ3) is 5.10. The van der Waals surface area contributed by atoms with Gasteiger partial charge in [0.05, 0.1) is 6.10 Å². The Bertz CT molecular complexity index is 668. The van der Waals surface area contributed by atoms with Gasteiger partial charge in [0.2, 0.25) is 0 Å². The van der Waals surface area contributed by atoms with Gasteiger partial charge in [-0.2, -0.15) is 0 Å². The first-order valence-electron chi connectivity index (χ1n) is 8.20. The van der Waals surface area contributed by atoms with Crippen LogP contribution in [0.4, 0.5) is 0 Å². The Labute approximate surface area is 143 Å². The molecule has 1 amide bonds. The number of rotatable bonds is 7. The largest absolute Gasteiger partial charge is 0.483 e. The zero-order valence-electron chi connectivity index (χ0n) is 14.5. The summed E-state index contributed by atoms with van der Waals surface area (Å²) in [5.41, 5.74) is 2.95. The third-order valence-corrected chi connectivity index (χ3v) is 3.83. The number of amides is 1. The maximum absolute atomic E-state index is 12.0. The molecule has 2 aromatic carbocycles. The molecule has 0 aromatic heterocycles. The van der Waals surface area contributed by atoms with Crippen molar-refractivity contribution in [2.75, 3.05) is 13.2 Å². The van der Waals surface area contributed by atoms with Crippen molar-refractivity contribution in [1.29, 1.82) is 0 Å². The molecule has 0 bridgehead atoms. The first-order valence-corrected chi connectivity index (χ1v) is 8.20. The van der Waals surface area contributed by atoms with Gasteiger partial charge in [-0.15, -0.1) is 0 Å². The predicted octanol–water partition coefficient (Wildman–Crippen LogP) is 3.35. The monoisotopic (exact) mass is 327 g/mol. The van der Waals surface area contributed by atoms with E-state index in [1.54, 1.807) is 0 Å². The Kier molecular flexibility index (Phi) is 6.38. The van der Waals surface area contributed by atoms with E-state index in [1.807, 2.05) is 55.5 Å². The molecule has 128 valence electrons. The fourth-order valence-electron chi connectivity index (χ4n) is 2.44. The molecule has 4 nitrogen and oxygen atoms in total. The lowest BCUT2D eigenvalue weighted by molar-refractivity contribution is -0.123. The van der Waals surface area contributed by atoms with E-state index >= 15 is 0 Å². The van der Waals surface area contributed by atoms with E-state index < -0.39 is 6.10 Å². The van der Waals surface area contributed by atoms with Gasteiger partial charge in [0.25, 0.3) is 5.91 Å². The molecule has 0 spiro atoms. The van der Waals surface area contributed by atoms with Crippen LogP contribution in [0, 0.1) is 6.92 Å². The number of benzene rings is 2. The van der Waals surface area contributed by atoms with Crippen molar-refractivity contribution in [3.8, 4) is 5.75 Å². The van der Waals surface area contributed by atoms with E-state index in [0.29, 0.717) is 5.92 Å². The summed E-state index contributed by atoms with van der Waals surface area (Å²) in [6.07, 6.45) is -0.722. The highest BCUT2D eigenvalue weighted by molar-refractivity contribution is 5.77. The van der Waals surface area contributed by atoms with Gasteiger partial charge in [-0.25, -0.2) is 0 Å². The van der Waals surface area contributed by atoms with Crippen LogP contribution in [0.5, 0.6) is 5.75 Å². The van der Waals surface area contributed by atoms with Gasteiger partial charge in [-0.3, -0.25) is 4.79 Å². The first-order chi connectivity index (χ1) is 11.5. The number of aliphatic hydroxyl groups is 1. The zero-order chi connectivity index (χ0) is 17.5. The van der Waals surface area contributed by atoms with Gasteiger partial charge in [-0.1, -0.05) is 56.3 Å². The Morgan fingerprint density at radius 3 is 2.54 bits per heavy atom. The lowest BCUT2D eigenvalue weighted by Gasteiger charge is -2.16. The number of ether oxygens (including phenoxy) is 1. The van der Waals surface area contributed by atoms with Crippen LogP contribution in [-0.2, 0) is 4.79 Å². The molecule has 0 aliphatic carbocycles. The van der Waals surface area contributed by atoms with Crippen LogP contribution in [0.1, 0.15) is 42.6 Å². The molecule has 2 rings (SSSR count). The fraction of sp³-hybridized carbons (Fsp3) is 0.350. The first kappa shape index (κ1) is 18.0. The Hall–Kier alpha value is -2.33. The molecule has 0 fully saturated rings. The summed E-state index contributed by atoms with van der Waals surface area (Å²) >= 11 is 0. The van der Waals surface area contributed by atoms with Gasteiger partial charge in [0.1, 0.15) is 5.75 Å². The zero-order valence-corrected chi connectivity index (χ0v) is 14.5. The smallest absolute Gasteiger partial charge is 0.258 e. The molecule has 0 saturated carbocycles. The molecular formula is C20H25NO3. The van der Waals surface area contributed by atoms with Crippen molar-refractivity contribution in [2.24, 2.45) is 0 Å². The number of hydrogen-bond donors (Lipinski definition) is 2. The molecule has 0 heterocycles. The highest BCUT2D eigenvalue weighted by atomic mass is 16.5. The second-order valence-electron chi connectivity index (χ2n) is 6.22. The average molecular weight is 327 g/mol. The summed E-state index contributed by atoms with van der Waals surface area (Å²) in [5.74, 6) is 0.813. The standard InChI is InChI=1S/C20H25NO3/c1-14(2)17-10-9-15(3)11-19(17)24-13-20(23)21-12-18(22)16-7-5-4-6-8-16/h4-11,14,18,22H,12-13H2,1-3H3,(H,21,23). The lowest BCUT2D eigenvalue weighted by Crippen LogP contribution is -2.32. The maximum Gasteiger partial charge on any atom is 0.258 e. The van der Waals surface area contributed by atoms with Gasteiger partial charge < -0.3 is 15.2 Å². The van der Waals surface area contributed by atoms with Crippen molar-refractivity contribution >= 4 is 5.91 Å². The van der Waals surface area contributed by atoms with E-state index in [9.17, 15) is 9.90 Å². The van der Waals surface area contributed by atoms with Gasteiger partial charge in [-0.05, 0) is 35.6 Å². The van der Waals surface area contributed by atoms with E-state index in [0.717, 1.165) is 22.4 Å². The topological polar surface area (TPSA) is 58.6 Å². The SMILES string of the molecule is Cc1ccc(C(C)C)c(OCC(=O)NCC(O)c2ccccc2)c1. The fourth-order valence-corrected chi connectivity index (χ4v) is 2.44. The van der Waals surface area contributed by atoms with Crippen LogP contribution in [0.3, 0.4) is 0 Å². The summed E-state index contributed by atoms with van der Waals surface area (Å²) in [4.78, 5) is 12.0. The number of carbonyl (C=O) groups excluding carboxylic acids is 1. The molecule has 0 radical (unpaired) electrons. The van der Waals surface area contributed by atoms with E-state index in [1.165, 1.54) is 0 Å². The number of carbonyl (C=O) groups is 1. The summed E-state index contributed by atoms with van der Waals surface area (Å²) < 4.78 is 5.69. The second kappa shape index (κ2) is 8.50. The minimum atomic E-state index is -0.722. The lowest BCUT2D eigenvalue weighted by atomic mass is 10.0. The normalized spacial score (nSPS) is 12.0. The maximum atomic E-state index is 12.0. The molecular weight excluding hydrogens is 302 g/mol. The minimum Gasteiger partial charge on any atom is -0.483 e. The number of hydrogen-bond acceptors (Lipinski definition) is 3. The number of nitrogens with one attached hydrogen (secondary N) is 1. The van der Waals surface area contributed by atoms with Crippen LogP contribution in [0.2, 0.25) is 0 Å². The molecule has 4 heteroatoms. The summed E-state index contributed by atoms with van der Waals surface area (Å²) in [6, 6.07) is 15.3. The molecule has 1 atom stereocenters. The van der Waals surface area contributed by atoms with Gasteiger partial charge in [0, 0.05) is 6.54 Å². The molecule has 0 aliphatic heterocycles. The minimum absolute atomic E-state index is 0.0648.